The SMILES string of the molecule is O=C(O)c1ccc(C(F)(F)F)nc1NCCC1CC1. The van der Waals surface area contributed by atoms with Crippen LogP contribution in [-0.2, 0) is 6.18 Å². The van der Waals surface area contributed by atoms with Crippen LogP contribution in [0.25, 0.3) is 0 Å². The zero-order valence-corrected chi connectivity index (χ0v) is 10.00. The van der Waals surface area contributed by atoms with Crippen LogP contribution in [0, 0.1) is 5.92 Å². The third-order valence-electron chi connectivity index (χ3n) is 2.96. The fraction of sp³-hybridized carbons (Fsp3) is 0.500. The summed E-state index contributed by atoms with van der Waals surface area (Å²) >= 11 is 0. The number of alkyl halides is 3. The smallest absolute Gasteiger partial charge is 0.433 e. The summed E-state index contributed by atoms with van der Waals surface area (Å²) in [4.78, 5) is 14.3. The number of rotatable bonds is 5. The zero-order chi connectivity index (χ0) is 14.0. The minimum atomic E-state index is -4.58. The van der Waals surface area contributed by atoms with Crippen molar-refractivity contribution in [3.8, 4) is 0 Å². The number of anilines is 1. The summed E-state index contributed by atoms with van der Waals surface area (Å²) in [6, 6.07) is 1.60. The summed E-state index contributed by atoms with van der Waals surface area (Å²) in [5.41, 5.74) is -1.34. The lowest BCUT2D eigenvalue weighted by molar-refractivity contribution is -0.141. The number of carbonyl (C=O) groups is 1. The lowest BCUT2D eigenvalue weighted by atomic mass is 10.2. The predicted octanol–water partition coefficient (Wildman–Crippen LogP) is 3.01. The van der Waals surface area contributed by atoms with E-state index in [0.717, 1.165) is 25.3 Å². The third kappa shape index (κ3) is 3.59. The molecule has 2 rings (SSSR count). The van der Waals surface area contributed by atoms with Gasteiger partial charge in [-0.25, -0.2) is 9.78 Å². The molecule has 0 spiro atoms. The highest BCUT2D eigenvalue weighted by Gasteiger charge is 2.33. The van der Waals surface area contributed by atoms with E-state index in [0.29, 0.717) is 18.5 Å². The number of hydrogen-bond acceptors (Lipinski definition) is 3. The summed E-state index contributed by atoms with van der Waals surface area (Å²) < 4.78 is 37.6. The van der Waals surface area contributed by atoms with Crippen molar-refractivity contribution in [1.29, 1.82) is 0 Å². The Kier molecular flexibility index (Phi) is 3.64. The Hall–Kier alpha value is -1.79. The third-order valence-corrected chi connectivity index (χ3v) is 2.96. The summed E-state index contributed by atoms with van der Waals surface area (Å²) in [6.45, 7) is 0.430. The van der Waals surface area contributed by atoms with E-state index in [1.54, 1.807) is 0 Å². The van der Waals surface area contributed by atoms with Crippen molar-refractivity contribution in [2.24, 2.45) is 5.92 Å². The lowest BCUT2D eigenvalue weighted by Gasteiger charge is -2.12. The van der Waals surface area contributed by atoms with Gasteiger partial charge in [-0.2, -0.15) is 13.2 Å². The van der Waals surface area contributed by atoms with Crippen LogP contribution >= 0.6 is 0 Å². The second-order valence-corrected chi connectivity index (χ2v) is 4.55. The molecular weight excluding hydrogens is 261 g/mol. The van der Waals surface area contributed by atoms with Crippen molar-refractivity contribution in [2.75, 3.05) is 11.9 Å². The van der Waals surface area contributed by atoms with E-state index >= 15 is 0 Å². The van der Waals surface area contributed by atoms with Gasteiger partial charge in [-0.05, 0) is 24.5 Å². The second kappa shape index (κ2) is 5.07. The van der Waals surface area contributed by atoms with Gasteiger partial charge in [-0.3, -0.25) is 0 Å². The van der Waals surface area contributed by atoms with Gasteiger partial charge >= 0.3 is 12.1 Å². The minimum Gasteiger partial charge on any atom is -0.478 e. The lowest BCUT2D eigenvalue weighted by Crippen LogP contribution is -2.15. The molecule has 1 aromatic heterocycles. The summed E-state index contributed by atoms with van der Waals surface area (Å²) in [7, 11) is 0. The molecule has 7 heteroatoms. The van der Waals surface area contributed by atoms with E-state index < -0.39 is 17.8 Å². The van der Waals surface area contributed by atoms with Gasteiger partial charge in [0.1, 0.15) is 17.1 Å². The molecule has 0 unspecified atom stereocenters. The van der Waals surface area contributed by atoms with Crippen molar-refractivity contribution in [3.63, 3.8) is 0 Å². The molecule has 1 aliphatic carbocycles. The van der Waals surface area contributed by atoms with Gasteiger partial charge in [0.15, 0.2) is 0 Å². The number of aromatic nitrogens is 1. The summed E-state index contributed by atoms with van der Waals surface area (Å²) in [5.74, 6) is -0.912. The van der Waals surface area contributed by atoms with Gasteiger partial charge in [-0.15, -0.1) is 0 Å². The Labute approximate surface area is 107 Å². The van der Waals surface area contributed by atoms with Crippen LogP contribution in [-0.4, -0.2) is 22.6 Å². The monoisotopic (exact) mass is 274 g/mol. The van der Waals surface area contributed by atoms with E-state index in [4.69, 9.17) is 5.11 Å². The maximum absolute atomic E-state index is 12.5. The quantitative estimate of drug-likeness (QED) is 0.866. The van der Waals surface area contributed by atoms with Gasteiger partial charge < -0.3 is 10.4 Å². The molecule has 1 fully saturated rings. The molecule has 0 aromatic carbocycles. The number of carboxylic acid groups (broad SMARTS) is 1. The van der Waals surface area contributed by atoms with Gasteiger partial charge in [0.2, 0.25) is 0 Å². The van der Waals surface area contributed by atoms with E-state index in [-0.39, 0.29) is 11.4 Å². The maximum Gasteiger partial charge on any atom is 0.433 e. The molecule has 0 saturated heterocycles. The number of halogens is 3. The van der Waals surface area contributed by atoms with Crippen LogP contribution in [0.4, 0.5) is 19.0 Å². The van der Waals surface area contributed by atoms with E-state index in [2.05, 4.69) is 10.3 Å². The molecule has 4 nitrogen and oxygen atoms in total. The molecule has 1 aromatic rings. The first-order valence-electron chi connectivity index (χ1n) is 5.93. The van der Waals surface area contributed by atoms with E-state index in [9.17, 15) is 18.0 Å². The average Bonchev–Trinajstić information content (AvgIpc) is 3.11. The Morgan fingerprint density at radius 2 is 2.11 bits per heavy atom. The molecule has 2 N–H and O–H groups in total. The topological polar surface area (TPSA) is 62.2 Å². The first-order chi connectivity index (χ1) is 8.88. The molecule has 1 aliphatic rings. The van der Waals surface area contributed by atoms with Crippen LogP contribution in [0.3, 0.4) is 0 Å². The number of pyridine rings is 1. The molecule has 1 saturated carbocycles. The molecule has 0 atom stereocenters. The molecule has 0 aliphatic heterocycles. The zero-order valence-electron chi connectivity index (χ0n) is 10.00. The summed E-state index contributed by atoms with van der Waals surface area (Å²) in [6.07, 6.45) is -1.51. The van der Waals surface area contributed by atoms with Gasteiger partial charge in [0.25, 0.3) is 0 Å². The van der Waals surface area contributed by atoms with Gasteiger partial charge in [-0.1, -0.05) is 12.8 Å². The predicted molar refractivity (Wildman–Crippen MR) is 62.0 cm³/mol. The molecule has 0 bridgehead atoms. The Bertz CT molecular complexity index is 484. The molecular formula is C12H13F3N2O2. The van der Waals surface area contributed by atoms with Gasteiger partial charge in [0, 0.05) is 6.54 Å². The normalized spacial score (nSPS) is 15.3. The second-order valence-electron chi connectivity index (χ2n) is 4.55. The Morgan fingerprint density at radius 3 is 2.63 bits per heavy atom. The molecule has 1 heterocycles. The van der Waals surface area contributed by atoms with Crippen LogP contribution < -0.4 is 5.32 Å². The first kappa shape index (κ1) is 13.6. The van der Waals surface area contributed by atoms with Crippen LogP contribution in [0.15, 0.2) is 12.1 Å². The average molecular weight is 274 g/mol. The van der Waals surface area contributed by atoms with Crippen molar-refractivity contribution in [3.05, 3.63) is 23.4 Å². The van der Waals surface area contributed by atoms with Crippen molar-refractivity contribution in [1.82, 2.24) is 4.98 Å². The van der Waals surface area contributed by atoms with Crippen LogP contribution in [0.1, 0.15) is 35.3 Å². The largest absolute Gasteiger partial charge is 0.478 e. The fourth-order valence-corrected chi connectivity index (χ4v) is 1.73. The van der Waals surface area contributed by atoms with Crippen molar-refractivity contribution >= 4 is 11.8 Å². The van der Waals surface area contributed by atoms with E-state index in [1.165, 1.54) is 0 Å². The fourth-order valence-electron chi connectivity index (χ4n) is 1.73. The number of nitrogens with one attached hydrogen (secondary N) is 1. The standard InChI is InChI=1S/C12H13F3N2O2/c13-12(14,15)9-4-3-8(11(18)19)10(17-9)16-6-5-7-1-2-7/h3-4,7H,1-2,5-6H2,(H,16,17)(H,18,19). The van der Waals surface area contributed by atoms with Gasteiger partial charge in [0.05, 0.1) is 0 Å². The van der Waals surface area contributed by atoms with Crippen molar-refractivity contribution < 1.29 is 23.1 Å². The van der Waals surface area contributed by atoms with Crippen LogP contribution in [0.2, 0.25) is 0 Å². The van der Waals surface area contributed by atoms with Crippen LogP contribution in [0.5, 0.6) is 0 Å². The molecule has 19 heavy (non-hydrogen) atoms. The number of nitrogens with zero attached hydrogens (tertiary/aromatic N) is 1. The number of aromatic carboxylic acids is 1. The Morgan fingerprint density at radius 1 is 1.42 bits per heavy atom. The molecule has 104 valence electrons. The first-order valence-corrected chi connectivity index (χ1v) is 5.93. The molecule has 0 amide bonds. The number of carboxylic acids is 1. The number of hydrogen-bond donors (Lipinski definition) is 2. The van der Waals surface area contributed by atoms with Crippen molar-refractivity contribution in [2.45, 2.75) is 25.4 Å². The highest BCUT2D eigenvalue weighted by Crippen LogP contribution is 2.32. The highest BCUT2D eigenvalue weighted by molar-refractivity contribution is 5.93. The highest BCUT2D eigenvalue weighted by atomic mass is 19.4. The minimum absolute atomic E-state index is 0.219. The maximum atomic E-state index is 12.5. The Balaban J connectivity index is 2.16. The summed E-state index contributed by atoms with van der Waals surface area (Å²) in [5, 5.41) is 11.6. The van der Waals surface area contributed by atoms with E-state index in [1.807, 2.05) is 0 Å². The molecule has 0 radical (unpaired) electrons.